The second kappa shape index (κ2) is 5.43. The number of nitrogens with one attached hydrogen (secondary N) is 1. The van der Waals surface area contributed by atoms with E-state index in [4.69, 9.17) is 0 Å². The lowest BCUT2D eigenvalue weighted by Gasteiger charge is -2.10. The number of aliphatic hydroxyl groups is 1. The second-order valence-corrected chi connectivity index (χ2v) is 5.82. The van der Waals surface area contributed by atoms with Crippen LogP contribution in [0.25, 0.3) is 0 Å². The Kier molecular flexibility index (Phi) is 4.46. The standard InChI is InChI=1S/C11H17NO3S/c1-3-16(14,15)10-6-4-9(5-7-10)11(13)8-12-2/h4-7,11-13H,3,8H2,1-2H3. The molecule has 0 fully saturated rings. The topological polar surface area (TPSA) is 66.4 Å². The Balaban J connectivity index is 2.91. The van der Waals surface area contributed by atoms with E-state index >= 15 is 0 Å². The number of likely N-dealkylation sites (N-methyl/N-ethyl adjacent to an activating group) is 1. The molecule has 0 aliphatic carbocycles. The maximum Gasteiger partial charge on any atom is 0.178 e. The fraction of sp³-hybridized carbons (Fsp3) is 0.455. The van der Waals surface area contributed by atoms with Crippen molar-refractivity contribution >= 4 is 9.84 Å². The minimum Gasteiger partial charge on any atom is -0.387 e. The SMILES string of the molecule is CCS(=O)(=O)c1ccc(C(O)CNC)cc1. The first-order valence-corrected chi connectivity index (χ1v) is 6.82. The molecule has 0 aliphatic rings. The molecule has 0 saturated heterocycles. The van der Waals surface area contributed by atoms with Crippen LogP contribution in [0.2, 0.25) is 0 Å². The van der Waals surface area contributed by atoms with Crippen LogP contribution in [0, 0.1) is 0 Å². The molecule has 0 aromatic heterocycles. The van der Waals surface area contributed by atoms with Gasteiger partial charge in [0.05, 0.1) is 16.8 Å². The summed E-state index contributed by atoms with van der Waals surface area (Å²) in [5.74, 6) is 0.0887. The molecule has 0 radical (unpaired) electrons. The molecule has 1 rings (SSSR count). The maximum atomic E-state index is 11.5. The van der Waals surface area contributed by atoms with E-state index in [0.717, 1.165) is 0 Å². The molecule has 5 heteroatoms. The van der Waals surface area contributed by atoms with Gasteiger partial charge in [0.15, 0.2) is 9.84 Å². The van der Waals surface area contributed by atoms with Crippen molar-refractivity contribution in [1.29, 1.82) is 0 Å². The van der Waals surface area contributed by atoms with Crippen LogP contribution in [0.15, 0.2) is 29.2 Å². The summed E-state index contributed by atoms with van der Waals surface area (Å²) in [4.78, 5) is 0.301. The molecule has 4 nitrogen and oxygen atoms in total. The van der Waals surface area contributed by atoms with Crippen LogP contribution < -0.4 is 5.32 Å². The molecular formula is C11H17NO3S. The monoisotopic (exact) mass is 243 g/mol. The van der Waals surface area contributed by atoms with Gasteiger partial charge in [0.1, 0.15) is 0 Å². The summed E-state index contributed by atoms with van der Waals surface area (Å²) < 4.78 is 23.1. The summed E-state index contributed by atoms with van der Waals surface area (Å²) >= 11 is 0. The minimum atomic E-state index is -3.15. The van der Waals surface area contributed by atoms with Crippen molar-refractivity contribution in [3.05, 3.63) is 29.8 Å². The average molecular weight is 243 g/mol. The molecule has 0 bridgehead atoms. The van der Waals surface area contributed by atoms with Gasteiger partial charge < -0.3 is 10.4 Å². The molecule has 0 spiro atoms. The van der Waals surface area contributed by atoms with Crippen LogP contribution in [0.1, 0.15) is 18.6 Å². The Morgan fingerprint density at radius 1 is 1.31 bits per heavy atom. The lowest BCUT2D eigenvalue weighted by molar-refractivity contribution is 0.177. The fourth-order valence-corrected chi connectivity index (χ4v) is 2.26. The Morgan fingerprint density at radius 2 is 1.88 bits per heavy atom. The Hall–Kier alpha value is -0.910. The molecule has 0 saturated carbocycles. The van der Waals surface area contributed by atoms with Crippen molar-refractivity contribution in [3.63, 3.8) is 0 Å². The highest BCUT2D eigenvalue weighted by molar-refractivity contribution is 7.91. The van der Waals surface area contributed by atoms with Crippen molar-refractivity contribution in [1.82, 2.24) is 5.32 Å². The maximum absolute atomic E-state index is 11.5. The van der Waals surface area contributed by atoms with Gasteiger partial charge in [-0.15, -0.1) is 0 Å². The number of benzene rings is 1. The summed E-state index contributed by atoms with van der Waals surface area (Å²) in [5, 5.41) is 12.5. The number of hydrogen-bond acceptors (Lipinski definition) is 4. The smallest absolute Gasteiger partial charge is 0.178 e. The quantitative estimate of drug-likeness (QED) is 0.800. The van der Waals surface area contributed by atoms with Crippen molar-refractivity contribution in [2.45, 2.75) is 17.9 Å². The fourth-order valence-electron chi connectivity index (χ4n) is 1.38. The summed E-state index contributed by atoms with van der Waals surface area (Å²) in [6.07, 6.45) is -0.608. The molecule has 1 unspecified atom stereocenters. The summed E-state index contributed by atoms with van der Waals surface area (Å²) in [7, 11) is -1.40. The van der Waals surface area contributed by atoms with Gasteiger partial charge in [-0.1, -0.05) is 19.1 Å². The van der Waals surface area contributed by atoms with E-state index in [1.165, 1.54) is 12.1 Å². The molecule has 16 heavy (non-hydrogen) atoms. The molecule has 2 N–H and O–H groups in total. The van der Waals surface area contributed by atoms with Crippen molar-refractivity contribution in [3.8, 4) is 0 Å². The van der Waals surface area contributed by atoms with Gasteiger partial charge in [0.25, 0.3) is 0 Å². The van der Waals surface area contributed by atoms with E-state index in [1.54, 1.807) is 26.1 Å². The second-order valence-electron chi connectivity index (χ2n) is 3.55. The molecule has 90 valence electrons. The van der Waals surface area contributed by atoms with Gasteiger partial charge in [-0.3, -0.25) is 0 Å². The lowest BCUT2D eigenvalue weighted by Crippen LogP contribution is -2.16. The van der Waals surface area contributed by atoms with Crippen LogP contribution >= 0.6 is 0 Å². The Labute approximate surface area is 96.2 Å². The van der Waals surface area contributed by atoms with E-state index < -0.39 is 15.9 Å². The average Bonchev–Trinajstić information content (AvgIpc) is 2.29. The molecule has 0 aliphatic heterocycles. The van der Waals surface area contributed by atoms with Gasteiger partial charge in [-0.05, 0) is 24.7 Å². The van der Waals surface area contributed by atoms with E-state index in [-0.39, 0.29) is 5.75 Å². The molecule has 1 atom stereocenters. The zero-order valence-electron chi connectivity index (χ0n) is 9.47. The highest BCUT2D eigenvalue weighted by atomic mass is 32.2. The predicted molar refractivity (Wildman–Crippen MR) is 63.1 cm³/mol. The largest absolute Gasteiger partial charge is 0.387 e. The van der Waals surface area contributed by atoms with Gasteiger partial charge in [0.2, 0.25) is 0 Å². The van der Waals surface area contributed by atoms with E-state index in [2.05, 4.69) is 5.32 Å². The van der Waals surface area contributed by atoms with E-state index in [1.807, 2.05) is 0 Å². The molecular weight excluding hydrogens is 226 g/mol. The van der Waals surface area contributed by atoms with Gasteiger partial charge in [-0.25, -0.2) is 8.42 Å². The van der Waals surface area contributed by atoms with E-state index in [0.29, 0.717) is 17.0 Å². The predicted octanol–water partition coefficient (Wildman–Crippen LogP) is 0.733. The summed E-state index contributed by atoms with van der Waals surface area (Å²) in [5.41, 5.74) is 0.712. The lowest BCUT2D eigenvalue weighted by atomic mass is 10.1. The zero-order chi connectivity index (χ0) is 12.2. The van der Waals surface area contributed by atoms with Gasteiger partial charge in [0, 0.05) is 6.54 Å². The summed E-state index contributed by atoms with van der Waals surface area (Å²) in [6, 6.07) is 6.36. The number of aliphatic hydroxyl groups excluding tert-OH is 1. The van der Waals surface area contributed by atoms with Gasteiger partial charge >= 0.3 is 0 Å². The number of sulfone groups is 1. The van der Waals surface area contributed by atoms with Crippen LogP contribution in [-0.4, -0.2) is 32.9 Å². The van der Waals surface area contributed by atoms with Crippen molar-refractivity contribution in [2.75, 3.05) is 19.3 Å². The van der Waals surface area contributed by atoms with Crippen LogP contribution in [-0.2, 0) is 9.84 Å². The third-order valence-electron chi connectivity index (χ3n) is 2.40. The Bertz CT molecular complexity index is 425. The zero-order valence-corrected chi connectivity index (χ0v) is 10.3. The Morgan fingerprint density at radius 3 is 2.31 bits per heavy atom. The van der Waals surface area contributed by atoms with Gasteiger partial charge in [-0.2, -0.15) is 0 Å². The number of hydrogen-bond donors (Lipinski definition) is 2. The third-order valence-corrected chi connectivity index (χ3v) is 4.15. The molecule has 1 aromatic rings. The highest BCUT2D eigenvalue weighted by Crippen LogP contribution is 2.16. The number of rotatable bonds is 5. The van der Waals surface area contributed by atoms with Crippen molar-refractivity contribution < 1.29 is 13.5 Å². The first-order chi connectivity index (χ1) is 7.51. The van der Waals surface area contributed by atoms with Crippen LogP contribution in [0.4, 0.5) is 0 Å². The third kappa shape index (κ3) is 3.04. The first-order valence-electron chi connectivity index (χ1n) is 5.16. The molecule has 0 heterocycles. The van der Waals surface area contributed by atoms with Crippen molar-refractivity contribution in [2.24, 2.45) is 0 Å². The highest BCUT2D eigenvalue weighted by Gasteiger charge is 2.12. The molecule has 0 amide bonds. The normalized spacial score (nSPS) is 13.7. The first kappa shape index (κ1) is 13.2. The van der Waals surface area contributed by atoms with E-state index in [9.17, 15) is 13.5 Å². The molecule has 1 aromatic carbocycles. The van der Waals surface area contributed by atoms with Crippen LogP contribution in [0.3, 0.4) is 0 Å². The summed E-state index contributed by atoms with van der Waals surface area (Å²) in [6.45, 7) is 2.05. The van der Waals surface area contributed by atoms with Crippen LogP contribution in [0.5, 0.6) is 0 Å². The minimum absolute atomic E-state index is 0.0887.